The first-order valence-electron chi connectivity index (χ1n) is 12.6. The van der Waals surface area contributed by atoms with E-state index in [0.29, 0.717) is 33.3 Å². The molecule has 3 nitrogen and oxygen atoms in total. The van der Waals surface area contributed by atoms with Crippen LogP contribution in [0, 0.1) is 23.3 Å². The second-order valence-electron chi connectivity index (χ2n) is 9.36. The van der Waals surface area contributed by atoms with Crippen LogP contribution in [0.5, 0.6) is 0 Å². The average molecular weight is 534 g/mol. The number of halogens is 4. The Balaban J connectivity index is 1.53. The maximum absolute atomic E-state index is 16.1. The molecule has 5 aromatic carbocycles. The van der Waals surface area contributed by atoms with Crippen LogP contribution in [0.1, 0.15) is 0 Å². The van der Waals surface area contributed by atoms with Crippen molar-refractivity contribution < 1.29 is 17.6 Å². The summed E-state index contributed by atoms with van der Waals surface area (Å²) in [6.07, 6.45) is 0. The molecule has 7 heteroatoms. The Bertz CT molecular complexity index is 1870. The molecule has 7 rings (SSSR count). The van der Waals surface area contributed by atoms with Crippen molar-refractivity contribution in [2.24, 2.45) is 0 Å². The minimum absolute atomic E-state index is 0.0108. The van der Waals surface area contributed by atoms with Gasteiger partial charge in [0.2, 0.25) is 0 Å². The summed E-state index contributed by atoms with van der Waals surface area (Å²) in [7, 11) is 0. The SMILES string of the molecule is Fc1c(F)c(-c2nc3ccccc3n2-c2ccccc2)c(F)c(F)c1-c1cc2ccccc2n1-c1ccccc1. The fraction of sp³-hybridized carbons (Fsp3) is 0. The Kier molecular flexibility index (Phi) is 5.52. The van der Waals surface area contributed by atoms with E-state index in [4.69, 9.17) is 0 Å². The summed E-state index contributed by atoms with van der Waals surface area (Å²) < 4.78 is 67.3. The number of hydrogen-bond acceptors (Lipinski definition) is 1. The van der Waals surface area contributed by atoms with Gasteiger partial charge in [0, 0.05) is 16.8 Å². The highest BCUT2D eigenvalue weighted by molar-refractivity contribution is 5.90. The van der Waals surface area contributed by atoms with E-state index in [1.807, 2.05) is 6.07 Å². The van der Waals surface area contributed by atoms with Crippen LogP contribution in [0.2, 0.25) is 0 Å². The number of imidazole rings is 1. The molecule has 0 amide bonds. The van der Waals surface area contributed by atoms with Crippen molar-refractivity contribution in [3.63, 3.8) is 0 Å². The molecule has 2 aromatic heterocycles. The van der Waals surface area contributed by atoms with Crippen LogP contribution < -0.4 is 0 Å². The number of hydrogen-bond donors (Lipinski definition) is 0. The zero-order valence-corrected chi connectivity index (χ0v) is 20.8. The third-order valence-corrected chi connectivity index (χ3v) is 7.04. The minimum atomic E-state index is -1.52. The first-order valence-corrected chi connectivity index (χ1v) is 12.6. The van der Waals surface area contributed by atoms with Crippen molar-refractivity contribution in [1.29, 1.82) is 0 Å². The van der Waals surface area contributed by atoms with Crippen molar-refractivity contribution >= 4 is 21.9 Å². The lowest BCUT2D eigenvalue weighted by Gasteiger charge is -2.16. The third-order valence-electron chi connectivity index (χ3n) is 7.04. The summed E-state index contributed by atoms with van der Waals surface area (Å²) >= 11 is 0. The molecule has 2 heterocycles. The fourth-order valence-electron chi connectivity index (χ4n) is 5.28. The number of fused-ring (bicyclic) bond motifs is 2. The number of rotatable bonds is 4. The predicted molar refractivity (Wildman–Crippen MR) is 149 cm³/mol. The molecule has 194 valence electrons. The first kappa shape index (κ1) is 23.9. The van der Waals surface area contributed by atoms with Crippen LogP contribution >= 0.6 is 0 Å². The molecular formula is C33H19F4N3. The van der Waals surface area contributed by atoms with E-state index in [1.54, 1.807) is 108 Å². The second kappa shape index (κ2) is 9.24. The van der Waals surface area contributed by atoms with E-state index in [2.05, 4.69) is 4.98 Å². The Morgan fingerprint density at radius 1 is 0.475 bits per heavy atom. The number of aromatic nitrogens is 3. The summed E-state index contributed by atoms with van der Waals surface area (Å²) in [5, 5.41) is 0.663. The highest BCUT2D eigenvalue weighted by atomic mass is 19.2. The predicted octanol–water partition coefficient (Wildman–Crippen LogP) is 8.86. The normalized spacial score (nSPS) is 11.5. The van der Waals surface area contributed by atoms with Gasteiger partial charge in [-0.3, -0.25) is 4.57 Å². The van der Waals surface area contributed by atoms with Crippen molar-refractivity contribution in [1.82, 2.24) is 14.1 Å². The molecule has 40 heavy (non-hydrogen) atoms. The van der Waals surface area contributed by atoms with Gasteiger partial charge in [-0.15, -0.1) is 0 Å². The zero-order valence-electron chi connectivity index (χ0n) is 20.8. The Morgan fingerprint density at radius 3 is 1.62 bits per heavy atom. The third kappa shape index (κ3) is 3.55. The van der Waals surface area contributed by atoms with Crippen molar-refractivity contribution in [3.05, 3.63) is 139 Å². The van der Waals surface area contributed by atoms with Gasteiger partial charge in [-0.25, -0.2) is 22.5 Å². The van der Waals surface area contributed by atoms with Gasteiger partial charge in [-0.2, -0.15) is 0 Å². The van der Waals surface area contributed by atoms with Crippen molar-refractivity contribution in [2.45, 2.75) is 0 Å². The van der Waals surface area contributed by atoms with Gasteiger partial charge in [0.1, 0.15) is 0 Å². The molecule has 0 aliphatic heterocycles. The van der Waals surface area contributed by atoms with Crippen LogP contribution in [0.15, 0.2) is 115 Å². The van der Waals surface area contributed by atoms with Crippen molar-refractivity contribution in [2.75, 3.05) is 0 Å². The summed E-state index contributed by atoms with van der Waals surface area (Å²) in [4.78, 5) is 4.41. The number of benzene rings is 5. The summed E-state index contributed by atoms with van der Waals surface area (Å²) in [6, 6.07) is 33.2. The molecule has 0 unspecified atom stereocenters. The lowest BCUT2D eigenvalue weighted by atomic mass is 10.0. The zero-order chi connectivity index (χ0) is 27.4. The summed E-state index contributed by atoms with van der Waals surface area (Å²) in [6.45, 7) is 0. The van der Waals surface area contributed by atoms with Gasteiger partial charge in [-0.05, 0) is 48.5 Å². The standard InChI is InChI=1S/C33H19F4N3/c34-29-27(26-19-20-11-7-9-17-24(20)39(26)21-12-3-1-4-13-21)30(35)32(37)28(31(29)36)33-38-23-16-8-10-18-25(23)40(33)22-14-5-2-6-15-22/h1-19H. The highest BCUT2D eigenvalue weighted by Gasteiger charge is 2.32. The van der Waals surface area contributed by atoms with Crippen LogP contribution in [0.4, 0.5) is 17.6 Å². The fourth-order valence-corrected chi connectivity index (χ4v) is 5.28. The minimum Gasteiger partial charge on any atom is -0.309 e. The van der Waals surface area contributed by atoms with Crippen LogP contribution in [0.25, 0.3) is 56.0 Å². The van der Waals surface area contributed by atoms with Crippen LogP contribution in [-0.4, -0.2) is 14.1 Å². The topological polar surface area (TPSA) is 22.8 Å². The molecule has 0 fully saturated rings. The number of nitrogens with zero attached hydrogens (tertiary/aromatic N) is 3. The van der Waals surface area contributed by atoms with E-state index in [9.17, 15) is 0 Å². The first-order chi connectivity index (χ1) is 19.5. The van der Waals surface area contributed by atoms with E-state index in [1.165, 1.54) is 10.6 Å². The van der Waals surface area contributed by atoms with Crippen LogP contribution in [-0.2, 0) is 0 Å². The lowest BCUT2D eigenvalue weighted by Crippen LogP contribution is -2.09. The molecular weight excluding hydrogens is 514 g/mol. The molecule has 0 radical (unpaired) electrons. The van der Waals surface area contributed by atoms with E-state index in [-0.39, 0.29) is 11.5 Å². The Morgan fingerprint density at radius 2 is 0.975 bits per heavy atom. The van der Waals surface area contributed by atoms with Gasteiger partial charge in [0.15, 0.2) is 29.1 Å². The molecule has 0 bridgehead atoms. The number of para-hydroxylation sites is 5. The van der Waals surface area contributed by atoms with E-state index in [0.717, 1.165) is 0 Å². The molecule has 0 atom stereocenters. The van der Waals surface area contributed by atoms with Gasteiger partial charge < -0.3 is 4.57 Å². The van der Waals surface area contributed by atoms with Gasteiger partial charge in [0.25, 0.3) is 0 Å². The molecule has 0 aliphatic carbocycles. The van der Waals surface area contributed by atoms with E-state index < -0.39 is 34.4 Å². The molecule has 0 saturated carbocycles. The highest BCUT2D eigenvalue weighted by Crippen LogP contribution is 2.41. The van der Waals surface area contributed by atoms with Crippen molar-refractivity contribution in [3.8, 4) is 34.0 Å². The smallest absolute Gasteiger partial charge is 0.173 e. The Labute approximate surface area is 226 Å². The van der Waals surface area contributed by atoms with Gasteiger partial charge in [0.05, 0.1) is 33.4 Å². The van der Waals surface area contributed by atoms with Crippen LogP contribution in [0.3, 0.4) is 0 Å². The molecule has 7 aromatic rings. The Hall–Kier alpha value is -5.17. The quantitative estimate of drug-likeness (QED) is 0.164. The molecule has 0 N–H and O–H groups in total. The molecule has 0 aliphatic rings. The molecule has 0 saturated heterocycles. The summed E-state index contributed by atoms with van der Waals surface area (Å²) in [5.41, 5.74) is 1.06. The maximum Gasteiger partial charge on any atom is 0.173 e. The van der Waals surface area contributed by atoms with E-state index >= 15 is 17.6 Å². The maximum atomic E-state index is 16.1. The summed E-state index contributed by atoms with van der Waals surface area (Å²) in [5.74, 6) is -6.28. The largest absolute Gasteiger partial charge is 0.309 e. The van der Waals surface area contributed by atoms with Gasteiger partial charge in [-0.1, -0.05) is 66.7 Å². The van der Waals surface area contributed by atoms with Gasteiger partial charge >= 0.3 is 0 Å². The average Bonchev–Trinajstić information content (AvgIpc) is 3.56. The second-order valence-corrected chi connectivity index (χ2v) is 9.36. The monoisotopic (exact) mass is 533 g/mol. The molecule has 0 spiro atoms. The lowest BCUT2D eigenvalue weighted by molar-refractivity contribution is 0.461.